The number of benzene rings is 16. The van der Waals surface area contributed by atoms with Crippen molar-refractivity contribution in [1.82, 2.24) is 38.2 Å². The third-order valence-electron chi connectivity index (χ3n) is 25.1. The minimum atomic E-state index is 0.495. The largest absolute Gasteiger partial charge is 0.308 e. The normalized spacial score (nSPS) is 11.7. The van der Waals surface area contributed by atoms with Crippen molar-refractivity contribution in [2.24, 2.45) is 0 Å². The van der Waals surface area contributed by atoms with Crippen LogP contribution in [-0.2, 0) is 6.42 Å². The van der Waals surface area contributed by atoms with Gasteiger partial charge in [0, 0.05) is 71.0 Å². The molecule has 0 unspecified atom stereocenters. The highest BCUT2D eigenvalue weighted by Gasteiger charge is 2.30. The first-order valence-corrected chi connectivity index (χ1v) is 43.0. The van der Waals surface area contributed by atoms with Gasteiger partial charge in [0.15, 0.2) is 5.82 Å². The summed E-state index contributed by atoms with van der Waals surface area (Å²) in [6, 6.07) is 126. The molecule has 6 aromatic heterocycles. The molecule has 10 heteroatoms. The summed E-state index contributed by atoms with van der Waals surface area (Å²) in [6.07, 6.45) is 0.625. The molecule has 0 amide bonds. The maximum atomic E-state index is 11.7. The Morgan fingerprint density at radius 3 is 1.04 bits per heavy atom. The van der Waals surface area contributed by atoms with Crippen LogP contribution in [0.5, 0.6) is 0 Å². The van der Waals surface area contributed by atoms with Crippen LogP contribution in [0.25, 0.3) is 200 Å². The SMILES string of the molecule is Cc1cc(C)cc(-c2ccc3c(c2)c2ccccc2n3-c2cc(C#N)cc(-n3c4ccc(Cc5cc(C)cc(-c6ccc7c8ccccc8n(-c8cc(C#N)cc(-n9c%10ccccc%10c%10ccc(-c%11cc(C)cc(C)c%11)cc%109)c8-c8cc(C)nc(C)n8)c7c6)c5)cc4c4cc(-c5cc(C)cc(C)c5)ccc43)c2-c2cc(-c3ccccc3)nc(-c3ccccc3)n2)c1. The molecule has 0 N–H and O–H groups in total. The number of rotatable bonds is 14. The zero-order chi connectivity index (χ0) is 85.4. The summed E-state index contributed by atoms with van der Waals surface area (Å²) in [6.45, 7) is 19.2. The van der Waals surface area contributed by atoms with Crippen molar-refractivity contribution in [3.63, 3.8) is 0 Å². The standard InChI is InChI=1S/C116H84N10/c1-68-42-69(2)47-87(46-68)83-35-40-106-97(61-83)93-28-18-21-31-104(93)123(106)110-57-79(66-117)58-111(115(110)101-65-99(81-22-12-10-13-23-81)121-116(122-101)82-24-14-11-15-25-82)124-105-39-32-77(56-96(105)98-62-84(36-41-107(98)124)88-48-70(3)43-71(4)49-88)54-78-45-74(7)52-90(55-78)86-34-38-95-92-27-17-20-30-103(92)126(109(95)64-86)113-60-80(67-118)59-112(114(113)100-53-75(8)119-76(9)120-100)125-102-29-19-16-26-91(102)94-37-33-85(63-108(94)125)89-50-72(5)44-73(6)51-89/h10-53,55-65H,54H2,1-9H3. The molecule has 22 rings (SSSR count). The fourth-order valence-corrected chi connectivity index (χ4v) is 20.1. The minimum absolute atomic E-state index is 0.495. The van der Waals surface area contributed by atoms with Crippen molar-refractivity contribution in [3.8, 4) is 125 Å². The van der Waals surface area contributed by atoms with Gasteiger partial charge in [-0.2, -0.15) is 10.5 Å². The molecular formula is C116H84N10. The molecule has 6 heterocycles. The maximum absolute atomic E-state index is 11.7. The molecule has 126 heavy (non-hydrogen) atoms. The third kappa shape index (κ3) is 13.2. The average Bonchev–Trinajstić information content (AvgIpc) is 1.54. The second-order valence-corrected chi connectivity index (χ2v) is 34.3. The lowest BCUT2D eigenvalue weighted by Gasteiger charge is -2.21. The number of nitriles is 2. The first-order chi connectivity index (χ1) is 61.5. The Hall–Kier alpha value is -16.1. The van der Waals surface area contributed by atoms with Crippen LogP contribution < -0.4 is 0 Å². The molecule has 0 aliphatic heterocycles. The van der Waals surface area contributed by atoms with Gasteiger partial charge in [0.05, 0.1) is 107 Å². The van der Waals surface area contributed by atoms with Gasteiger partial charge in [0.1, 0.15) is 5.82 Å². The lowest BCUT2D eigenvalue weighted by molar-refractivity contribution is 1.01. The van der Waals surface area contributed by atoms with Crippen LogP contribution in [0.1, 0.15) is 72.7 Å². The molecule has 0 spiro atoms. The number of nitrogens with zero attached hydrogens (tertiary/aromatic N) is 10. The molecular weight excluding hydrogens is 1530 g/mol. The monoisotopic (exact) mass is 1620 g/mol. The lowest BCUT2D eigenvalue weighted by atomic mass is 9.95. The van der Waals surface area contributed by atoms with Crippen molar-refractivity contribution in [3.05, 3.63) is 406 Å². The first kappa shape index (κ1) is 76.0. The highest BCUT2D eigenvalue weighted by molar-refractivity contribution is 6.16. The Kier molecular flexibility index (Phi) is 18.2. The van der Waals surface area contributed by atoms with Gasteiger partial charge >= 0.3 is 0 Å². The van der Waals surface area contributed by atoms with Crippen molar-refractivity contribution < 1.29 is 0 Å². The quantitative estimate of drug-likeness (QED) is 0.107. The van der Waals surface area contributed by atoms with Crippen LogP contribution in [0.15, 0.2) is 334 Å². The molecule has 16 aromatic carbocycles. The Bertz CT molecular complexity index is 8300. The number of hydrogen-bond acceptors (Lipinski definition) is 6. The van der Waals surface area contributed by atoms with Crippen LogP contribution in [0.4, 0.5) is 0 Å². The average molecular weight is 1620 g/mol. The predicted octanol–water partition coefficient (Wildman–Crippen LogP) is 29.1. The van der Waals surface area contributed by atoms with Crippen LogP contribution in [0.3, 0.4) is 0 Å². The van der Waals surface area contributed by atoms with Gasteiger partial charge in [-0.25, -0.2) is 19.9 Å². The highest BCUT2D eigenvalue weighted by Crippen LogP contribution is 2.49. The summed E-state index contributed by atoms with van der Waals surface area (Å²) in [5.74, 6) is 1.23. The fraction of sp³-hybridized carbons (Fsp3) is 0.0862. The lowest BCUT2D eigenvalue weighted by Crippen LogP contribution is -2.07. The second-order valence-electron chi connectivity index (χ2n) is 34.3. The van der Waals surface area contributed by atoms with Crippen molar-refractivity contribution in [2.45, 2.75) is 68.7 Å². The van der Waals surface area contributed by atoms with E-state index in [2.05, 4.69) is 382 Å². The third-order valence-corrected chi connectivity index (χ3v) is 25.1. The van der Waals surface area contributed by atoms with Crippen LogP contribution >= 0.6 is 0 Å². The summed E-state index contributed by atoms with van der Waals surface area (Å²) in [4.78, 5) is 21.3. The number of fused-ring (bicyclic) bond motifs is 12. The molecule has 0 atom stereocenters. The van der Waals surface area contributed by atoms with E-state index in [4.69, 9.17) is 19.9 Å². The van der Waals surface area contributed by atoms with Crippen molar-refractivity contribution >= 4 is 87.2 Å². The van der Waals surface area contributed by atoms with E-state index in [-0.39, 0.29) is 0 Å². The summed E-state index contributed by atoms with van der Waals surface area (Å²) in [5.41, 5.74) is 38.4. The number of hydrogen-bond donors (Lipinski definition) is 0. The van der Waals surface area contributed by atoms with E-state index < -0.39 is 0 Å². The van der Waals surface area contributed by atoms with Gasteiger partial charge in [-0.05, 0) is 227 Å². The van der Waals surface area contributed by atoms with Gasteiger partial charge in [0.2, 0.25) is 0 Å². The Morgan fingerprint density at radius 1 is 0.230 bits per heavy atom. The molecule has 10 nitrogen and oxygen atoms in total. The molecule has 598 valence electrons. The maximum Gasteiger partial charge on any atom is 0.160 e. The molecule has 0 aliphatic rings. The van der Waals surface area contributed by atoms with Crippen molar-refractivity contribution in [1.29, 1.82) is 10.5 Å². The van der Waals surface area contributed by atoms with Crippen molar-refractivity contribution in [2.75, 3.05) is 0 Å². The molecule has 0 saturated heterocycles. The van der Waals surface area contributed by atoms with Crippen LogP contribution in [0, 0.1) is 85.0 Å². The second kappa shape index (κ2) is 30.2. The van der Waals surface area contributed by atoms with E-state index in [9.17, 15) is 10.5 Å². The van der Waals surface area contributed by atoms with E-state index in [1.807, 2.05) is 44.2 Å². The Morgan fingerprint density at radius 2 is 0.579 bits per heavy atom. The zero-order valence-electron chi connectivity index (χ0n) is 71.4. The molecule has 0 saturated carbocycles. The number of para-hydroxylation sites is 3. The molecule has 0 fully saturated rings. The molecule has 0 bridgehead atoms. The van der Waals surface area contributed by atoms with Gasteiger partial charge in [-0.15, -0.1) is 0 Å². The van der Waals surface area contributed by atoms with Crippen LogP contribution in [0.2, 0.25) is 0 Å². The summed E-state index contributed by atoms with van der Waals surface area (Å²) in [7, 11) is 0. The van der Waals surface area contributed by atoms with E-state index in [1.54, 1.807) is 0 Å². The Balaban J connectivity index is 0.736. The smallest absolute Gasteiger partial charge is 0.160 e. The summed E-state index contributed by atoms with van der Waals surface area (Å²) >= 11 is 0. The summed E-state index contributed by atoms with van der Waals surface area (Å²) in [5, 5.41) is 31.9. The van der Waals surface area contributed by atoms with E-state index in [0.29, 0.717) is 34.9 Å². The number of aromatic nitrogens is 8. The van der Waals surface area contributed by atoms with E-state index in [0.717, 1.165) is 211 Å². The topological polar surface area (TPSA) is 119 Å². The van der Waals surface area contributed by atoms with Crippen LogP contribution in [-0.4, -0.2) is 38.2 Å². The van der Waals surface area contributed by atoms with E-state index >= 15 is 0 Å². The predicted molar refractivity (Wildman–Crippen MR) is 520 cm³/mol. The van der Waals surface area contributed by atoms with Gasteiger partial charge in [-0.1, -0.05) is 269 Å². The molecule has 22 aromatic rings. The number of aryl methyl sites for hydroxylation is 9. The molecule has 0 aliphatic carbocycles. The summed E-state index contributed by atoms with van der Waals surface area (Å²) < 4.78 is 9.48. The minimum Gasteiger partial charge on any atom is -0.308 e. The van der Waals surface area contributed by atoms with Gasteiger partial charge < -0.3 is 18.3 Å². The first-order valence-electron chi connectivity index (χ1n) is 43.0. The fourth-order valence-electron chi connectivity index (χ4n) is 20.1. The highest BCUT2D eigenvalue weighted by atomic mass is 15.1. The van der Waals surface area contributed by atoms with Gasteiger partial charge in [-0.3, -0.25) is 0 Å². The van der Waals surface area contributed by atoms with Gasteiger partial charge in [0.25, 0.3) is 0 Å². The zero-order valence-corrected chi connectivity index (χ0v) is 71.4. The Labute approximate surface area is 730 Å². The van der Waals surface area contributed by atoms with E-state index in [1.165, 1.54) is 33.4 Å². The molecule has 0 radical (unpaired) electrons.